The predicted octanol–water partition coefficient (Wildman–Crippen LogP) is 5.03. The van der Waals surface area contributed by atoms with Crippen LogP contribution in [0, 0.1) is 6.92 Å². The maximum atomic E-state index is 12.5. The van der Waals surface area contributed by atoms with E-state index in [1.807, 2.05) is 43.3 Å². The number of benzene rings is 3. The standard InChI is InChI=1S/C25H20ClN3O3/c1-17-3-2-4-21(15-17)27-25(31)19-7-11-22(12-8-19)29-24(30)14-13-23(28-29)32-16-18-5-9-20(26)10-6-18/h2-15H,16H2,1H3,(H,27,31). The predicted molar refractivity (Wildman–Crippen MR) is 125 cm³/mol. The smallest absolute Gasteiger partial charge is 0.271 e. The summed E-state index contributed by atoms with van der Waals surface area (Å²) in [6.45, 7) is 2.25. The Balaban J connectivity index is 1.48. The number of aryl methyl sites for hydroxylation is 1. The largest absolute Gasteiger partial charge is 0.472 e. The number of aromatic nitrogens is 2. The molecule has 32 heavy (non-hydrogen) atoms. The molecule has 7 heteroatoms. The number of hydrogen-bond acceptors (Lipinski definition) is 4. The highest BCUT2D eigenvalue weighted by Gasteiger charge is 2.09. The van der Waals surface area contributed by atoms with Crippen LogP contribution in [0.4, 0.5) is 5.69 Å². The molecular weight excluding hydrogens is 426 g/mol. The van der Waals surface area contributed by atoms with E-state index in [9.17, 15) is 9.59 Å². The van der Waals surface area contributed by atoms with Gasteiger partial charge in [0.15, 0.2) is 0 Å². The van der Waals surface area contributed by atoms with Crippen LogP contribution in [-0.2, 0) is 6.61 Å². The number of nitrogens with one attached hydrogen (secondary N) is 1. The quantitative estimate of drug-likeness (QED) is 0.452. The fourth-order valence-corrected chi connectivity index (χ4v) is 3.20. The third-order valence-electron chi connectivity index (χ3n) is 4.73. The molecule has 0 spiro atoms. The number of rotatable bonds is 6. The summed E-state index contributed by atoms with van der Waals surface area (Å²) in [5, 5.41) is 7.80. The second kappa shape index (κ2) is 9.49. The minimum absolute atomic E-state index is 0.234. The number of amides is 1. The van der Waals surface area contributed by atoms with E-state index in [4.69, 9.17) is 16.3 Å². The van der Waals surface area contributed by atoms with Crippen molar-refractivity contribution in [1.82, 2.24) is 9.78 Å². The molecule has 0 unspecified atom stereocenters. The molecule has 1 heterocycles. The van der Waals surface area contributed by atoms with Crippen molar-refractivity contribution in [1.29, 1.82) is 0 Å². The van der Waals surface area contributed by atoms with Crippen LogP contribution in [0.2, 0.25) is 5.02 Å². The molecule has 1 aromatic heterocycles. The van der Waals surface area contributed by atoms with Crippen molar-refractivity contribution in [3.05, 3.63) is 117 Å². The van der Waals surface area contributed by atoms with Gasteiger partial charge in [-0.25, -0.2) is 0 Å². The Morgan fingerprint density at radius 3 is 2.47 bits per heavy atom. The van der Waals surface area contributed by atoms with Gasteiger partial charge in [0, 0.05) is 28.4 Å². The van der Waals surface area contributed by atoms with Gasteiger partial charge in [0.1, 0.15) is 6.61 Å². The number of hydrogen-bond donors (Lipinski definition) is 1. The second-order valence-corrected chi connectivity index (χ2v) is 7.64. The molecule has 0 aliphatic heterocycles. The lowest BCUT2D eigenvalue weighted by atomic mass is 10.1. The molecule has 0 fully saturated rings. The van der Waals surface area contributed by atoms with E-state index >= 15 is 0 Å². The summed E-state index contributed by atoms with van der Waals surface area (Å²) in [4.78, 5) is 24.8. The van der Waals surface area contributed by atoms with Crippen molar-refractivity contribution in [3.63, 3.8) is 0 Å². The van der Waals surface area contributed by atoms with Gasteiger partial charge in [-0.15, -0.1) is 5.10 Å². The molecule has 4 aromatic rings. The SMILES string of the molecule is Cc1cccc(NC(=O)c2ccc(-n3nc(OCc4ccc(Cl)cc4)ccc3=O)cc2)c1. The van der Waals surface area contributed by atoms with Crippen molar-refractivity contribution >= 4 is 23.2 Å². The Morgan fingerprint density at radius 1 is 1.00 bits per heavy atom. The first-order valence-corrected chi connectivity index (χ1v) is 10.3. The molecule has 0 radical (unpaired) electrons. The summed E-state index contributed by atoms with van der Waals surface area (Å²) in [7, 11) is 0. The number of ether oxygens (including phenoxy) is 1. The second-order valence-electron chi connectivity index (χ2n) is 7.21. The highest BCUT2D eigenvalue weighted by Crippen LogP contribution is 2.15. The Morgan fingerprint density at radius 2 is 1.75 bits per heavy atom. The monoisotopic (exact) mass is 445 g/mol. The average molecular weight is 446 g/mol. The van der Waals surface area contributed by atoms with Crippen LogP contribution in [0.1, 0.15) is 21.5 Å². The van der Waals surface area contributed by atoms with Gasteiger partial charge in [-0.1, -0.05) is 35.9 Å². The molecule has 0 saturated heterocycles. The van der Waals surface area contributed by atoms with Crippen molar-refractivity contribution < 1.29 is 9.53 Å². The maximum absolute atomic E-state index is 12.5. The molecule has 3 aromatic carbocycles. The van der Waals surface area contributed by atoms with Crippen LogP contribution < -0.4 is 15.6 Å². The van der Waals surface area contributed by atoms with Gasteiger partial charge in [-0.05, 0) is 66.6 Å². The van der Waals surface area contributed by atoms with Gasteiger partial charge in [0.2, 0.25) is 5.88 Å². The summed E-state index contributed by atoms with van der Waals surface area (Å²) >= 11 is 5.90. The fraction of sp³-hybridized carbons (Fsp3) is 0.0800. The van der Waals surface area contributed by atoms with Gasteiger partial charge < -0.3 is 10.1 Å². The van der Waals surface area contributed by atoms with E-state index in [0.717, 1.165) is 16.8 Å². The summed E-state index contributed by atoms with van der Waals surface area (Å²) in [6.07, 6.45) is 0. The van der Waals surface area contributed by atoms with E-state index in [0.29, 0.717) is 28.8 Å². The van der Waals surface area contributed by atoms with E-state index in [1.165, 1.54) is 16.8 Å². The molecule has 1 N–H and O–H groups in total. The van der Waals surface area contributed by atoms with Crippen molar-refractivity contribution in [2.45, 2.75) is 13.5 Å². The molecule has 0 atom stereocenters. The molecule has 0 saturated carbocycles. The van der Waals surface area contributed by atoms with Gasteiger partial charge in [-0.3, -0.25) is 9.59 Å². The first-order chi connectivity index (χ1) is 15.5. The topological polar surface area (TPSA) is 73.2 Å². The lowest BCUT2D eigenvalue weighted by Crippen LogP contribution is -2.20. The molecule has 0 aliphatic rings. The van der Waals surface area contributed by atoms with Crippen LogP contribution in [0.3, 0.4) is 0 Å². The maximum Gasteiger partial charge on any atom is 0.271 e. The summed E-state index contributed by atoms with van der Waals surface area (Å²) < 4.78 is 6.94. The van der Waals surface area contributed by atoms with E-state index in [1.54, 1.807) is 36.4 Å². The number of anilines is 1. The number of carbonyl (C=O) groups excluding carboxylic acids is 1. The van der Waals surface area contributed by atoms with Crippen LogP contribution in [0.25, 0.3) is 5.69 Å². The van der Waals surface area contributed by atoms with Crippen molar-refractivity contribution in [2.24, 2.45) is 0 Å². The van der Waals surface area contributed by atoms with Gasteiger partial charge in [0.25, 0.3) is 11.5 Å². The lowest BCUT2D eigenvalue weighted by molar-refractivity contribution is 0.102. The van der Waals surface area contributed by atoms with Gasteiger partial charge in [0.05, 0.1) is 5.69 Å². The minimum atomic E-state index is -0.305. The van der Waals surface area contributed by atoms with Crippen LogP contribution >= 0.6 is 11.6 Å². The Hall–Kier alpha value is -3.90. The van der Waals surface area contributed by atoms with Crippen molar-refractivity contribution in [3.8, 4) is 11.6 Å². The molecule has 0 aliphatic carbocycles. The third-order valence-corrected chi connectivity index (χ3v) is 4.98. The fourth-order valence-electron chi connectivity index (χ4n) is 3.07. The molecule has 160 valence electrons. The summed E-state index contributed by atoms with van der Waals surface area (Å²) in [6, 6.07) is 24.4. The number of nitrogens with zero attached hydrogens (tertiary/aromatic N) is 2. The Kier molecular flexibility index (Phi) is 6.33. The van der Waals surface area contributed by atoms with Gasteiger partial charge in [-0.2, -0.15) is 4.68 Å². The minimum Gasteiger partial charge on any atom is -0.472 e. The zero-order chi connectivity index (χ0) is 22.5. The van der Waals surface area contributed by atoms with Crippen molar-refractivity contribution in [2.75, 3.05) is 5.32 Å². The molecule has 6 nitrogen and oxygen atoms in total. The lowest BCUT2D eigenvalue weighted by Gasteiger charge is -2.10. The van der Waals surface area contributed by atoms with E-state index < -0.39 is 0 Å². The highest BCUT2D eigenvalue weighted by atomic mass is 35.5. The summed E-state index contributed by atoms with van der Waals surface area (Å²) in [5.74, 6) is 0.0725. The first kappa shape index (κ1) is 21.3. The van der Waals surface area contributed by atoms with Crippen LogP contribution in [0.15, 0.2) is 89.7 Å². The molecular formula is C25H20ClN3O3. The van der Waals surface area contributed by atoms with E-state index in [-0.39, 0.29) is 11.5 Å². The van der Waals surface area contributed by atoms with Crippen LogP contribution in [-0.4, -0.2) is 15.7 Å². The van der Waals surface area contributed by atoms with Gasteiger partial charge >= 0.3 is 0 Å². The zero-order valence-electron chi connectivity index (χ0n) is 17.3. The number of carbonyl (C=O) groups is 1. The Bertz CT molecular complexity index is 1300. The first-order valence-electron chi connectivity index (χ1n) is 9.94. The average Bonchev–Trinajstić information content (AvgIpc) is 2.80. The third kappa shape index (κ3) is 5.22. The van der Waals surface area contributed by atoms with E-state index in [2.05, 4.69) is 10.4 Å². The van der Waals surface area contributed by atoms with Crippen LogP contribution in [0.5, 0.6) is 5.88 Å². The molecule has 4 rings (SSSR count). The molecule has 0 bridgehead atoms. The highest BCUT2D eigenvalue weighted by molar-refractivity contribution is 6.30. The zero-order valence-corrected chi connectivity index (χ0v) is 18.0. The molecule has 1 amide bonds. The number of halogens is 1. The normalized spacial score (nSPS) is 10.6. The summed E-state index contributed by atoms with van der Waals surface area (Å²) in [5.41, 5.74) is 3.40. The Labute approximate surface area is 190 Å².